The normalized spacial score (nSPS) is 10.7. The minimum Gasteiger partial charge on any atom is -0.395 e. The van der Waals surface area contributed by atoms with Crippen molar-refractivity contribution >= 4 is 34.6 Å². The Morgan fingerprint density at radius 2 is 1.29 bits per heavy atom. The van der Waals surface area contributed by atoms with Gasteiger partial charge in [0.1, 0.15) is 11.0 Å². The van der Waals surface area contributed by atoms with Gasteiger partial charge in [-0.15, -0.1) is 0 Å². The second kappa shape index (κ2) is 9.02. The quantitative estimate of drug-likeness (QED) is 0.440. The molecule has 0 saturated carbocycles. The minimum absolute atomic E-state index is 0.00918. The van der Waals surface area contributed by atoms with Crippen LogP contribution in [0.5, 0.6) is 0 Å². The summed E-state index contributed by atoms with van der Waals surface area (Å²) in [6, 6.07) is 0. The van der Waals surface area contributed by atoms with Gasteiger partial charge in [-0.3, -0.25) is 0 Å². The fraction of sp³-hybridized carbons (Fsp3) is 0.600. The zero-order valence-corrected chi connectivity index (χ0v) is 14.5. The van der Waals surface area contributed by atoms with Crippen LogP contribution in [0.15, 0.2) is 0 Å². The Hall–Kier alpha value is -2.42. The first-order valence-electron chi connectivity index (χ1n) is 8.33. The molecule has 2 aromatic heterocycles. The lowest BCUT2D eigenvalue weighted by Crippen LogP contribution is -2.14. The highest BCUT2D eigenvalue weighted by Crippen LogP contribution is 2.26. The molecule has 0 spiro atoms. The van der Waals surface area contributed by atoms with E-state index in [1.54, 1.807) is 7.05 Å². The molecule has 2 heterocycles. The monoisotopic (exact) mass is 334 g/mol. The number of aliphatic hydroxyl groups is 1. The molecular weight excluding hydrogens is 308 g/mol. The molecule has 0 saturated heterocycles. The number of aromatic nitrogens is 4. The maximum atomic E-state index is 9.01. The van der Waals surface area contributed by atoms with Crippen LogP contribution in [0.1, 0.15) is 26.7 Å². The standard InChI is InChI=1S/C15H26N8O/c1-4-6-17-12-11-10(20-14(16-3)22-12)13(18-7-5-2)23-15(21-11)19-8-9-24/h24H,4-9H2,1-3H3,(H2,16,17,20,22)(H2,18,19,21,23). The number of nitrogens with zero attached hydrogens (tertiary/aromatic N) is 4. The Morgan fingerprint density at radius 1 is 0.750 bits per heavy atom. The lowest BCUT2D eigenvalue weighted by Gasteiger charge is -2.14. The molecule has 0 bridgehead atoms. The third-order valence-electron chi connectivity index (χ3n) is 3.25. The van der Waals surface area contributed by atoms with Gasteiger partial charge in [-0.25, -0.2) is 9.97 Å². The summed E-state index contributed by atoms with van der Waals surface area (Å²) >= 11 is 0. The molecule has 0 atom stereocenters. The number of nitrogens with one attached hydrogen (secondary N) is 4. The molecule has 132 valence electrons. The predicted octanol–water partition coefficient (Wildman–Crippen LogP) is 1.51. The molecule has 0 aliphatic rings. The molecule has 0 aromatic carbocycles. The van der Waals surface area contributed by atoms with Crippen LogP contribution in [0.4, 0.5) is 23.5 Å². The van der Waals surface area contributed by atoms with E-state index < -0.39 is 0 Å². The van der Waals surface area contributed by atoms with E-state index in [2.05, 4.69) is 55.1 Å². The van der Waals surface area contributed by atoms with E-state index in [0.717, 1.165) is 25.9 Å². The van der Waals surface area contributed by atoms with Crippen LogP contribution in [0, 0.1) is 0 Å². The van der Waals surface area contributed by atoms with Gasteiger partial charge in [0.2, 0.25) is 11.9 Å². The zero-order chi connectivity index (χ0) is 17.4. The van der Waals surface area contributed by atoms with E-state index in [-0.39, 0.29) is 6.61 Å². The maximum absolute atomic E-state index is 9.01. The van der Waals surface area contributed by atoms with Gasteiger partial charge >= 0.3 is 0 Å². The van der Waals surface area contributed by atoms with Crippen molar-refractivity contribution in [1.82, 2.24) is 19.9 Å². The second-order valence-electron chi connectivity index (χ2n) is 5.24. The molecule has 0 aliphatic heterocycles. The molecule has 0 fully saturated rings. The number of anilines is 4. The van der Waals surface area contributed by atoms with Gasteiger partial charge < -0.3 is 26.4 Å². The van der Waals surface area contributed by atoms with Crippen LogP contribution in [0.25, 0.3) is 11.0 Å². The smallest absolute Gasteiger partial charge is 0.225 e. The molecule has 0 radical (unpaired) electrons. The number of hydrogen-bond acceptors (Lipinski definition) is 9. The first-order chi connectivity index (χ1) is 11.7. The fourth-order valence-electron chi connectivity index (χ4n) is 2.11. The van der Waals surface area contributed by atoms with Crippen LogP contribution in [-0.2, 0) is 0 Å². The Labute approximate surface area is 141 Å². The summed E-state index contributed by atoms with van der Waals surface area (Å²) < 4.78 is 0. The van der Waals surface area contributed by atoms with Gasteiger partial charge in [0.05, 0.1) is 6.61 Å². The van der Waals surface area contributed by atoms with E-state index in [9.17, 15) is 0 Å². The Bertz CT molecular complexity index is 663. The molecule has 2 aromatic rings. The topological polar surface area (TPSA) is 120 Å². The van der Waals surface area contributed by atoms with Gasteiger partial charge in [-0.05, 0) is 12.8 Å². The average molecular weight is 334 g/mol. The highest BCUT2D eigenvalue weighted by Gasteiger charge is 2.15. The number of hydrogen-bond donors (Lipinski definition) is 5. The van der Waals surface area contributed by atoms with Gasteiger partial charge in [0, 0.05) is 26.7 Å². The van der Waals surface area contributed by atoms with E-state index >= 15 is 0 Å². The second-order valence-corrected chi connectivity index (χ2v) is 5.24. The van der Waals surface area contributed by atoms with Crippen molar-refractivity contribution in [3.05, 3.63) is 0 Å². The molecule has 2 rings (SSSR count). The minimum atomic E-state index is 0.00918. The van der Waals surface area contributed by atoms with Gasteiger partial charge in [0.25, 0.3) is 0 Å². The van der Waals surface area contributed by atoms with Crippen molar-refractivity contribution in [2.75, 3.05) is 54.6 Å². The van der Waals surface area contributed by atoms with Crippen molar-refractivity contribution in [2.45, 2.75) is 26.7 Å². The fourth-order valence-corrected chi connectivity index (χ4v) is 2.11. The van der Waals surface area contributed by atoms with Crippen molar-refractivity contribution in [1.29, 1.82) is 0 Å². The average Bonchev–Trinajstić information content (AvgIpc) is 2.62. The van der Waals surface area contributed by atoms with Gasteiger partial charge in [-0.2, -0.15) is 9.97 Å². The first kappa shape index (κ1) is 17.9. The number of aliphatic hydroxyl groups excluding tert-OH is 1. The first-order valence-corrected chi connectivity index (χ1v) is 8.33. The SMILES string of the molecule is CCCNc1nc(NCCO)nc2c(NCCC)nc(NC)nc12. The van der Waals surface area contributed by atoms with E-state index in [4.69, 9.17) is 5.11 Å². The Morgan fingerprint density at radius 3 is 1.79 bits per heavy atom. The summed E-state index contributed by atoms with van der Waals surface area (Å²) in [6.45, 7) is 6.13. The molecule has 24 heavy (non-hydrogen) atoms. The van der Waals surface area contributed by atoms with Crippen LogP contribution >= 0.6 is 0 Å². The summed E-state index contributed by atoms with van der Waals surface area (Å²) in [5.74, 6) is 2.27. The van der Waals surface area contributed by atoms with Crippen molar-refractivity contribution in [3.8, 4) is 0 Å². The third-order valence-corrected chi connectivity index (χ3v) is 3.25. The van der Waals surface area contributed by atoms with E-state index in [1.807, 2.05) is 0 Å². The maximum Gasteiger partial charge on any atom is 0.225 e. The van der Waals surface area contributed by atoms with Crippen molar-refractivity contribution in [2.24, 2.45) is 0 Å². The largest absolute Gasteiger partial charge is 0.395 e. The molecule has 0 aliphatic carbocycles. The van der Waals surface area contributed by atoms with Gasteiger partial charge in [-0.1, -0.05) is 13.8 Å². The molecular formula is C15H26N8O. The highest BCUT2D eigenvalue weighted by atomic mass is 16.3. The summed E-state index contributed by atoms with van der Waals surface area (Å²) in [4.78, 5) is 18.0. The summed E-state index contributed by atoms with van der Waals surface area (Å²) in [5.41, 5.74) is 1.31. The van der Waals surface area contributed by atoms with E-state index in [0.29, 0.717) is 41.1 Å². The number of rotatable bonds is 10. The van der Waals surface area contributed by atoms with Crippen LogP contribution in [-0.4, -0.2) is 58.3 Å². The van der Waals surface area contributed by atoms with Crippen LogP contribution < -0.4 is 21.3 Å². The van der Waals surface area contributed by atoms with Gasteiger partial charge in [0.15, 0.2) is 11.6 Å². The lowest BCUT2D eigenvalue weighted by molar-refractivity contribution is 0.311. The van der Waals surface area contributed by atoms with Crippen molar-refractivity contribution < 1.29 is 5.11 Å². The summed E-state index contributed by atoms with van der Waals surface area (Å²) in [7, 11) is 1.78. The Kier molecular flexibility index (Phi) is 6.74. The van der Waals surface area contributed by atoms with Crippen LogP contribution in [0.2, 0.25) is 0 Å². The van der Waals surface area contributed by atoms with Crippen molar-refractivity contribution in [3.63, 3.8) is 0 Å². The Balaban J connectivity index is 2.56. The molecule has 9 nitrogen and oxygen atoms in total. The summed E-state index contributed by atoms with van der Waals surface area (Å²) in [5, 5.41) is 21.6. The zero-order valence-electron chi connectivity index (χ0n) is 14.5. The molecule has 0 amide bonds. The van der Waals surface area contributed by atoms with E-state index in [1.165, 1.54) is 0 Å². The number of fused-ring (bicyclic) bond motifs is 1. The van der Waals surface area contributed by atoms with Crippen LogP contribution in [0.3, 0.4) is 0 Å². The highest BCUT2D eigenvalue weighted by molar-refractivity contribution is 5.94. The lowest BCUT2D eigenvalue weighted by atomic mass is 10.3. The molecule has 0 unspecified atom stereocenters. The predicted molar refractivity (Wildman–Crippen MR) is 97.8 cm³/mol. The molecule has 9 heteroatoms. The third kappa shape index (κ3) is 4.31. The molecule has 5 N–H and O–H groups in total. The summed E-state index contributed by atoms with van der Waals surface area (Å²) in [6.07, 6.45) is 1.94.